The van der Waals surface area contributed by atoms with Crippen LogP contribution >= 0.6 is 11.3 Å². The molecule has 1 aromatic rings. The minimum absolute atomic E-state index is 0.786. The number of rotatable bonds is 7. The number of methoxy groups -OCH3 is 1. The topological polar surface area (TPSA) is 21.3 Å². The molecule has 0 bridgehead atoms. The summed E-state index contributed by atoms with van der Waals surface area (Å²) in [5.74, 6) is 0. The Morgan fingerprint density at radius 1 is 1.40 bits per heavy atom. The number of thiophene rings is 1. The first kappa shape index (κ1) is 12.4. The van der Waals surface area contributed by atoms with Crippen LogP contribution in [0.15, 0.2) is 18.2 Å². The standard InChI is InChI=1S/C12H19NOS/c1-11-6-7-12(15-11)5-3-4-8-13-9-10-14-2/h3,5-7,13H,4,8-10H2,1-2H3. The first-order chi connectivity index (χ1) is 7.33. The predicted molar refractivity (Wildman–Crippen MR) is 67.5 cm³/mol. The molecule has 0 saturated carbocycles. The normalized spacial score (nSPS) is 11.3. The van der Waals surface area contributed by atoms with Gasteiger partial charge in [-0.05, 0) is 38.1 Å². The number of ether oxygens (including phenoxy) is 1. The van der Waals surface area contributed by atoms with Crippen molar-refractivity contribution in [2.45, 2.75) is 13.3 Å². The minimum Gasteiger partial charge on any atom is -0.383 e. The molecule has 0 saturated heterocycles. The molecule has 0 aliphatic heterocycles. The molecule has 0 spiro atoms. The zero-order valence-electron chi connectivity index (χ0n) is 9.45. The third-order valence-electron chi connectivity index (χ3n) is 2.01. The lowest BCUT2D eigenvalue weighted by molar-refractivity contribution is 0.199. The van der Waals surface area contributed by atoms with Crippen LogP contribution in [0.2, 0.25) is 0 Å². The predicted octanol–water partition coefficient (Wildman–Crippen LogP) is 2.70. The average molecular weight is 225 g/mol. The lowest BCUT2D eigenvalue weighted by atomic mass is 10.3. The van der Waals surface area contributed by atoms with Gasteiger partial charge in [0.15, 0.2) is 0 Å². The number of hydrogen-bond donors (Lipinski definition) is 1. The molecule has 0 amide bonds. The van der Waals surface area contributed by atoms with Crippen molar-refractivity contribution >= 4 is 17.4 Å². The van der Waals surface area contributed by atoms with Gasteiger partial charge in [0.25, 0.3) is 0 Å². The second-order valence-electron chi connectivity index (χ2n) is 3.38. The van der Waals surface area contributed by atoms with E-state index in [9.17, 15) is 0 Å². The Labute approximate surface area is 96.0 Å². The summed E-state index contributed by atoms with van der Waals surface area (Å²) < 4.78 is 4.94. The Bertz CT molecular complexity index is 294. The van der Waals surface area contributed by atoms with Gasteiger partial charge in [0.2, 0.25) is 0 Å². The number of hydrogen-bond acceptors (Lipinski definition) is 3. The van der Waals surface area contributed by atoms with Crippen molar-refractivity contribution in [2.24, 2.45) is 0 Å². The molecule has 15 heavy (non-hydrogen) atoms. The molecule has 1 aromatic heterocycles. The summed E-state index contributed by atoms with van der Waals surface area (Å²) in [4.78, 5) is 2.71. The number of nitrogens with one attached hydrogen (secondary N) is 1. The summed E-state index contributed by atoms with van der Waals surface area (Å²) in [5, 5.41) is 3.30. The molecular weight excluding hydrogens is 206 g/mol. The van der Waals surface area contributed by atoms with Gasteiger partial charge < -0.3 is 10.1 Å². The fourth-order valence-corrected chi connectivity index (χ4v) is 2.04. The van der Waals surface area contributed by atoms with Gasteiger partial charge in [-0.3, -0.25) is 0 Å². The molecule has 0 fully saturated rings. The third-order valence-corrected chi connectivity index (χ3v) is 2.98. The van der Waals surface area contributed by atoms with Gasteiger partial charge in [-0.1, -0.05) is 6.08 Å². The first-order valence-corrected chi connectivity index (χ1v) is 6.07. The van der Waals surface area contributed by atoms with Crippen molar-refractivity contribution in [1.82, 2.24) is 5.32 Å². The molecule has 1 rings (SSSR count). The third kappa shape index (κ3) is 5.72. The number of aryl methyl sites for hydroxylation is 1. The van der Waals surface area contributed by atoms with E-state index >= 15 is 0 Å². The van der Waals surface area contributed by atoms with E-state index in [1.165, 1.54) is 9.75 Å². The van der Waals surface area contributed by atoms with Crippen LogP contribution in [0.5, 0.6) is 0 Å². The van der Waals surface area contributed by atoms with Gasteiger partial charge in [0.05, 0.1) is 6.61 Å². The lowest BCUT2D eigenvalue weighted by Gasteiger charge is -2.00. The second-order valence-corrected chi connectivity index (χ2v) is 4.70. The van der Waals surface area contributed by atoms with Gasteiger partial charge >= 0.3 is 0 Å². The van der Waals surface area contributed by atoms with Crippen LogP contribution in [0, 0.1) is 6.92 Å². The van der Waals surface area contributed by atoms with Crippen molar-refractivity contribution in [3.63, 3.8) is 0 Å². The average Bonchev–Trinajstić information content (AvgIpc) is 2.63. The molecular formula is C12H19NOS. The summed E-state index contributed by atoms with van der Waals surface area (Å²) in [6.07, 6.45) is 5.47. The highest BCUT2D eigenvalue weighted by Gasteiger charge is 1.90. The van der Waals surface area contributed by atoms with Gasteiger partial charge in [-0.25, -0.2) is 0 Å². The Morgan fingerprint density at radius 3 is 2.93 bits per heavy atom. The summed E-state index contributed by atoms with van der Waals surface area (Å²) in [5.41, 5.74) is 0. The molecule has 0 radical (unpaired) electrons. The van der Waals surface area contributed by atoms with E-state index in [1.54, 1.807) is 7.11 Å². The Kier molecular flexibility index (Phi) is 6.32. The molecule has 0 atom stereocenters. The highest BCUT2D eigenvalue weighted by molar-refractivity contribution is 7.12. The van der Waals surface area contributed by atoms with Crippen LogP contribution in [-0.4, -0.2) is 26.8 Å². The molecule has 0 aliphatic rings. The summed E-state index contributed by atoms with van der Waals surface area (Å²) >= 11 is 1.83. The maximum Gasteiger partial charge on any atom is 0.0587 e. The van der Waals surface area contributed by atoms with E-state index in [2.05, 4.69) is 36.5 Å². The van der Waals surface area contributed by atoms with Crippen molar-refractivity contribution in [1.29, 1.82) is 0 Å². The molecule has 1 N–H and O–H groups in total. The van der Waals surface area contributed by atoms with Crippen LogP contribution in [-0.2, 0) is 4.74 Å². The van der Waals surface area contributed by atoms with E-state index in [1.807, 2.05) is 11.3 Å². The second kappa shape index (κ2) is 7.63. The van der Waals surface area contributed by atoms with E-state index in [-0.39, 0.29) is 0 Å². The highest BCUT2D eigenvalue weighted by Crippen LogP contribution is 2.16. The molecule has 0 aromatic carbocycles. The monoisotopic (exact) mass is 225 g/mol. The zero-order valence-corrected chi connectivity index (χ0v) is 10.3. The molecule has 0 unspecified atom stereocenters. The van der Waals surface area contributed by atoms with Crippen LogP contribution in [0.3, 0.4) is 0 Å². The molecule has 84 valence electrons. The van der Waals surface area contributed by atoms with Crippen LogP contribution in [0.25, 0.3) is 6.08 Å². The van der Waals surface area contributed by atoms with Crippen molar-refractivity contribution in [2.75, 3.05) is 26.8 Å². The largest absolute Gasteiger partial charge is 0.383 e. The SMILES string of the molecule is COCCNCCC=Cc1ccc(C)s1. The Hall–Kier alpha value is -0.640. The highest BCUT2D eigenvalue weighted by atomic mass is 32.1. The molecule has 1 heterocycles. The molecule has 3 heteroatoms. The van der Waals surface area contributed by atoms with Gasteiger partial charge in [-0.15, -0.1) is 11.3 Å². The van der Waals surface area contributed by atoms with Crippen LogP contribution < -0.4 is 5.32 Å². The maximum absolute atomic E-state index is 4.94. The van der Waals surface area contributed by atoms with E-state index < -0.39 is 0 Å². The van der Waals surface area contributed by atoms with Crippen LogP contribution in [0.4, 0.5) is 0 Å². The van der Waals surface area contributed by atoms with Gasteiger partial charge in [-0.2, -0.15) is 0 Å². The summed E-state index contributed by atoms with van der Waals surface area (Å²) in [6.45, 7) is 4.87. The van der Waals surface area contributed by atoms with E-state index in [4.69, 9.17) is 4.74 Å². The Morgan fingerprint density at radius 2 is 2.27 bits per heavy atom. The quantitative estimate of drug-likeness (QED) is 0.720. The van der Waals surface area contributed by atoms with Gasteiger partial charge in [0, 0.05) is 23.4 Å². The van der Waals surface area contributed by atoms with Gasteiger partial charge in [0.1, 0.15) is 0 Å². The van der Waals surface area contributed by atoms with Crippen molar-refractivity contribution < 1.29 is 4.74 Å². The molecule has 2 nitrogen and oxygen atoms in total. The fourth-order valence-electron chi connectivity index (χ4n) is 1.23. The van der Waals surface area contributed by atoms with E-state index in [0.29, 0.717) is 0 Å². The fraction of sp³-hybridized carbons (Fsp3) is 0.500. The zero-order chi connectivity index (χ0) is 10.9. The smallest absolute Gasteiger partial charge is 0.0587 e. The summed E-state index contributed by atoms with van der Waals surface area (Å²) in [6, 6.07) is 4.32. The van der Waals surface area contributed by atoms with E-state index in [0.717, 1.165) is 26.1 Å². The maximum atomic E-state index is 4.94. The van der Waals surface area contributed by atoms with Crippen LogP contribution in [0.1, 0.15) is 16.2 Å². The Balaban J connectivity index is 2.07. The lowest BCUT2D eigenvalue weighted by Crippen LogP contribution is -2.19. The minimum atomic E-state index is 0.786. The van der Waals surface area contributed by atoms with Crippen molar-refractivity contribution in [3.8, 4) is 0 Å². The summed E-state index contributed by atoms with van der Waals surface area (Å²) in [7, 11) is 1.72. The molecule has 0 aliphatic carbocycles. The van der Waals surface area contributed by atoms with Crippen molar-refractivity contribution in [3.05, 3.63) is 28.0 Å². The first-order valence-electron chi connectivity index (χ1n) is 5.25.